The van der Waals surface area contributed by atoms with Gasteiger partial charge in [-0.2, -0.15) is 0 Å². The van der Waals surface area contributed by atoms with Crippen LogP contribution in [0.3, 0.4) is 0 Å². The maximum Gasteiger partial charge on any atom is 0.344 e. The zero-order valence-electron chi connectivity index (χ0n) is 19.6. The lowest BCUT2D eigenvalue weighted by Gasteiger charge is -2.30. The smallest absolute Gasteiger partial charge is 0.344 e. The van der Waals surface area contributed by atoms with Gasteiger partial charge in [0.2, 0.25) is 0 Å². The lowest BCUT2D eigenvalue weighted by molar-refractivity contribution is -0.166. The zero-order chi connectivity index (χ0) is 25.3. The minimum atomic E-state index is -1.37. The Morgan fingerprint density at radius 3 is 2.37 bits per heavy atom. The zero-order valence-corrected chi connectivity index (χ0v) is 19.6. The van der Waals surface area contributed by atoms with Gasteiger partial charge in [0.1, 0.15) is 5.69 Å². The number of hydrogen-bond acceptors (Lipinski definition) is 8. The van der Waals surface area contributed by atoms with Crippen molar-refractivity contribution in [2.45, 2.75) is 25.8 Å². The number of aliphatic hydroxyl groups is 1. The number of esters is 2. The summed E-state index contributed by atoms with van der Waals surface area (Å²) in [4.78, 5) is 36.7. The number of carbonyl (C=O) groups excluding carboxylic acids is 3. The summed E-state index contributed by atoms with van der Waals surface area (Å²) in [6.45, 7) is 0.405. The number of aliphatic hydroxyl groups excluding tert-OH is 1. The van der Waals surface area contributed by atoms with Crippen molar-refractivity contribution < 1.29 is 29.0 Å². The number of benzene rings is 2. The minimum absolute atomic E-state index is 0.0528. The van der Waals surface area contributed by atoms with Crippen LogP contribution in [0.1, 0.15) is 29.4 Å². The quantitative estimate of drug-likeness (QED) is 0.353. The average molecular weight is 481 g/mol. The molecule has 0 saturated carbocycles. The van der Waals surface area contributed by atoms with Crippen LogP contribution >= 0.6 is 0 Å². The van der Waals surface area contributed by atoms with Crippen molar-refractivity contribution in [2.24, 2.45) is 5.41 Å². The van der Waals surface area contributed by atoms with Crippen LogP contribution in [0.5, 0.6) is 0 Å². The summed E-state index contributed by atoms with van der Waals surface area (Å²) in [5.41, 5.74) is 1.83. The third kappa shape index (κ3) is 6.97. The highest BCUT2D eigenvalue weighted by molar-refractivity contribution is 5.92. The first kappa shape index (κ1) is 25.6. The molecule has 10 heteroatoms. The van der Waals surface area contributed by atoms with E-state index in [1.807, 2.05) is 54.6 Å². The fraction of sp³-hybridized carbons (Fsp3) is 0.320. The van der Waals surface area contributed by atoms with Gasteiger partial charge < -0.3 is 19.9 Å². The lowest BCUT2D eigenvalue weighted by atomic mass is 9.82. The molecule has 184 valence electrons. The van der Waals surface area contributed by atoms with Gasteiger partial charge in [0.15, 0.2) is 6.61 Å². The first-order valence-electron chi connectivity index (χ1n) is 11.0. The number of nitrogens with one attached hydrogen (secondary N) is 2. The molecular weight excluding hydrogens is 452 g/mol. The second-order valence-corrected chi connectivity index (χ2v) is 8.38. The van der Waals surface area contributed by atoms with Crippen molar-refractivity contribution in [1.82, 2.24) is 20.7 Å². The van der Waals surface area contributed by atoms with E-state index in [0.717, 1.165) is 16.7 Å². The van der Waals surface area contributed by atoms with E-state index in [9.17, 15) is 19.5 Å². The van der Waals surface area contributed by atoms with E-state index in [1.54, 1.807) is 0 Å². The molecule has 10 nitrogen and oxygen atoms in total. The summed E-state index contributed by atoms with van der Waals surface area (Å²) < 4.78 is 9.52. The Kier molecular flexibility index (Phi) is 8.69. The molecule has 1 amide bonds. The van der Waals surface area contributed by atoms with Gasteiger partial charge >= 0.3 is 11.9 Å². The Morgan fingerprint density at radius 1 is 1.09 bits per heavy atom. The largest absolute Gasteiger partial charge is 0.466 e. The van der Waals surface area contributed by atoms with Gasteiger partial charge in [0, 0.05) is 6.04 Å². The van der Waals surface area contributed by atoms with Crippen LogP contribution in [0.25, 0.3) is 11.1 Å². The molecule has 1 heterocycles. The van der Waals surface area contributed by atoms with Gasteiger partial charge in [0.25, 0.3) is 5.91 Å². The van der Waals surface area contributed by atoms with Crippen LogP contribution in [0.4, 0.5) is 0 Å². The topological polar surface area (TPSA) is 144 Å². The Labute approximate surface area is 202 Å². The standard InChI is InChI=1S/C25H28N4O6/c1-25(16-30,24(33)35-15-22(31)34-2)13-20(27-23(32)21-14-26-29-28-21)12-17-8-10-19(11-9-17)18-6-4-3-5-7-18/h3-11,14,20,30H,12-13,15-16H2,1-2H3,(H,27,32)(H,26,28,29)/t20-,25?/m1/s1. The molecule has 3 aromatic rings. The van der Waals surface area contributed by atoms with Crippen molar-refractivity contribution in [1.29, 1.82) is 0 Å². The second-order valence-electron chi connectivity index (χ2n) is 8.38. The molecular formula is C25H28N4O6. The highest BCUT2D eigenvalue weighted by Crippen LogP contribution is 2.27. The molecule has 0 bridgehead atoms. The van der Waals surface area contributed by atoms with Crippen molar-refractivity contribution in [2.75, 3.05) is 20.3 Å². The number of aromatic nitrogens is 3. The van der Waals surface area contributed by atoms with E-state index in [-0.39, 0.29) is 12.1 Å². The van der Waals surface area contributed by atoms with Gasteiger partial charge in [-0.3, -0.25) is 14.7 Å². The van der Waals surface area contributed by atoms with E-state index in [0.29, 0.717) is 6.42 Å². The molecule has 2 aromatic carbocycles. The number of carbonyl (C=O) groups is 3. The number of nitrogens with zero attached hydrogens (tertiary/aromatic N) is 2. The summed E-state index contributed by atoms with van der Waals surface area (Å²) in [6.07, 6.45) is 1.72. The van der Waals surface area contributed by atoms with E-state index < -0.39 is 42.5 Å². The predicted molar refractivity (Wildman–Crippen MR) is 126 cm³/mol. The Hall–Kier alpha value is -4.05. The SMILES string of the molecule is COC(=O)COC(=O)C(C)(CO)C[C@@H](Cc1ccc(-c2ccccc2)cc1)NC(=O)c1cnn[nH]1. The van der Waals surface area contributed by atoms with Crippen LogP contribution in [-0.2, 0) is 25.5 Å². The molecule has 1 aromatic heterocycles. The van der Waals surface area contributed by atoms with Gasteiger partial charge in [-0.25, -0.2) is 4.79 Å². The molecule has 0 spiro atoms. The normalized spacial score (nSPS) is 13.3. The molecule has 0 aliphatic heterocycles. The highest BCUT2D eigenvalue weighted by atomic mass is 16.6. The fourth-order valence-electron chi connectivity index (χ4n) is 3.61. The van der Waals surface area contributed by atoms with E-state index in [2.05, 4.69) is 25.5 Å². The van der Waals surface area contributed by atoms with Crippen molar-refractivity contribution in [3.05, 3.63) is 72.1 Å². The van der Waals surface area contributed by atoms with Crippen LogP contribution in [0, 0.1) is 5.41 Å². The number of H-pyrrole nitrogens is 1. The monoisotopic (exact) mass is 480 g/mol. The molecule has 0 aliphatic rings. The van der Waals surface area contributed by atoms with Crippen molar-refractivity contribution >= 4 is 17.8 Å². The Balaban J connectivity index is 1.78. The van der Waals surface area contributed by atoms with E-state index in [4.69, 9.17) is 4.74 Å². The van der Waals surface area contributed by atoms with Crippen LogP contribution in [0.2, 0.25) is 0 Å². The first-order valence-corrected chi connectivity index (χ1v) is 11.0. The molecule has 0 radical (unpaired) electrons. The van der Waals surface area contributed by atoms with E-state index >= 15 is 0 Å². The molecule has 3 N–H and O–H groups in total. The Morgan fingerprint density at radius 2 is 1.77 bits per heavy atom. The summed E-state index contributed by atoms with van der Waals surface area (Å²) in [5.74, 6) is -1.94. The number of hydrogen-bond donors (Lipinski definition) is 3. The molecule has 35 heavy (non-hydrogen) atoms. The molecule has 0 fully saturated rings. The number of methoxy groups -OCH3 is 1. The van der Waals surface area contributed by atoms with Crippen LogP contribution in [-0.4, -0.2) is 64.7 Å². The lowest BCUT2D eigenvalue weighted by Crippen LogP contribution is -2.45. The predicted octanol–water partition coefficient (Wildman–Crippen LogP) is 1.92. The van der Waals surface area contributed by atoms with Crippen molar-refractivity contribution in [3.8, 4) is 11.1 Å². The summed E-state index contributed by atoms with van der Waals surface area (Å²) in [5, 5.41) is 22.6. The van der Waals surface area contributed by atoms with Gasteiger partial charge in [0.05, 0.1) is 25.3 Å². The fourth-order valence-corrected chi connectivity index (χ4v) is 3.61. The summed E-state index contributed by atoms with van der Waals surface area (Å²) >= 11 is 0. The van der Waals surface area contributed by atoms with Crippen LogP contribution in [0.15, 0.2) is 60.8 Å². The maximum absolute atomic E-state index is 12.7. The van der Waals surface area contributed by atoms with Gasteiger partial charge in [-0.1, -0.05) is 59.8 Å². The number of rotatable bonds is 11. The van der Waals surface area contributed by atoms with Crippen molar-refractivity contribution in [3.63, 3.8) is 0 Å². The molecule has 2 atom stereocenters. The molecule has 0 aliphatic carbocycles. The third-order valence-corrected chi connectivity index (χ3v) is 5.63. The second kappa shape index (κ2) is 11.9. The van der Waals surface area contributed by atoms with E-state index in [1.165, 1.54) is 20.2 Å². The summed E-state index contributed by atoms with van der Waals surface area (Å²) in [7, 11) is 1.18. The van der Waals surface area contributed by atoms with Gasteiger partial charge in [-0.05, 0) is 36.5 Å². The molecule has 1 unspecified atom stereocenters. The highest BCUT2D eigenvalue weighted by Gasteiger charge is 2.38. The van der Waals surface area contributed by atoms with Crippen LogP contribution < -0.4 is 5.32 Å². The minimum Gasteiger partial charge on any atom is -0.466 e. The molecule has 0 saturated heterocycles. The van der Waals surface area contributed by atoms with Gasteiger partial charge in [-0.15, -0.1) is 5.10 Å². The average Bonchev–Trinajstić information content (AvgIpc) is 3.43. The number of ether oxygens (including phenoxy) is 2. The number of aromatic amines is 1. The summed E-state index contributed by atoms with van der Waals surface area (Å²) in [6, 6.07) is 17.2. The Bertz CT molecular complexity index is 1120. The maximum atomic E-state index is 12.7. The number of amides is 1. The first-order chi connectivity index (χ1) is 16.8. The molecule has 3 rings (SSSR count). The third-order valence-electron chi connectivity index (χ3n) is 5.63.